The molecule has 0 aliphatic carbocycles. The number of nitrogens with zero attached hydrogens (tertiary/aromatic N) is 1. The molecule has 1 N–H and O–H groups in total. The van der Waals surface area contributed by atoms with Gasteiger partial charge in [0.1, 0.15) is 5.54 Å². The van der Waals surface area contributed by atoms with Crippen LogP contribution in [0.1, 0.15) is 33.3 Å². The van der Waals surface area contributed by atoms with Crippen molar-refractivity contribution in [3.8, 4) is 11.5 Å². The third kappa shape index (κ3) is 3.71. The lowest BCUT2D eigenvalue weighted by Crippen LogP contribution is -2.46. The maximum Gasteiger partial charge on any atom is 0.325 e. The van der Waals surface area contributed by atoms with Crippen molar-refractivity contribution in [1.82, 2.24) is 10.2 Å². The monoisotopic (exact) mass is 348 g/mol. The molecule has 2 heterocycles. The predicted molar refractivity (Wildman–Crippen MR) is 90.6 cm³/mol. The van der Waals surface area contributed by atoms with Crippen LogP contribution in [0.25, 0.3) is 0 Å². The van der Waals surface area contributed by atoms with Crippen molar-refractivity contribution in [1.29, 1.82) is 0 Å². The van der Waals surface area contributed by atoms with Gasteiger partial charge in [0.25, 0.3) is 5.91 Å². The Hall–Kier alpha value is -2.28. The third-order valence-corrected chi connectivity index (χ3v) is 4.19. The molecule has 0 unspecified atom stereocenters. The van der Waals surface area contributed by atoms with Crippen LogP contribution in [0.15, 0.2) is 18.2 Å². The fourth-order valence-corrected chi connectivity index (χ4v) is 2.97. The summed E-state index contributed by atoms with van der Waals surface area (Å²) >= 11 is 0. The molecule has 1 saturated heterocycles. The van der Waals surface area contributed by atoms with Gasteiger partial charge >= 0.3 is 6.03 Å². The number of hydrogen-bond acceptors (Lipinski definition) is 5. The van der Waals surface area contributed by atoms with Crippen LogP contribution in [0.5, 0.6) is 11.5 Å². The Morgan fingerprint density at radius 3 is 2.68 bits per heavy atom. The highest BCUT2D eigenvalue weighted by Crippen LogP contribution is 2.34. The van der Waals surface area contributed by atoms with Crippen LogP contribution < -0.4 is 14.8 Å². The van der Waals surface area contributed by atoms with Gasteiger partial charge in [-0.15, -0.1) is 0 Å². The minimum absolute atomic E-state index is 0.202. The minimum atomic E-state index is -0.980. The Balaban J connectivity index is 1.67. The first-order chi connectivity index (χ1) is 11.7. The van der Waals surface area contributed by atoms with Crippen LogP contribution in [0.3, 0.4) is 0 Å². The molecular weight excluding hydrogens is 324 g/mol. The second kappa shape index (κ2) is 6.22. The van der Waals surface area contributed by atoms with E-state index >= 15 is 0 Å². The molecule has 1 fully saturated rings. The summed E-state index contributed by atoms with van der Waals surface area (Å²) in [5, 5.41) is 2.80. The van der Waals surface area contributed by atoms with E-state index in [0.717, 1.165) is 5.56 Å². The molecule has 2 aliphatic heterocycles. The molecule has 1 aromatic rings. The van der Waals surface area contributed by atoms with E-state index in [1.54, 1.807) is 6.92 Å². The average Bonchev–Trinajstić information content (AvgIpc) is 3.04. The van der Waals surface area contributed by atoms with Crippen molar-refractivity contribution in [2.75, 3.05) is 19.9 Å². The molecule has 7 heteroatoms. The summed E-state index contributed by atoms with van der Waals surface area (Å²) in [6.07, 6.45) is 0.380. The maximum atomic E-state index is 12.8. The van der Waals surface area contributed by atoms with Gasteiger partial charge in [-0.25, -0.2) is 4.79 Å². The fraction of sp³-hybridized carbons (Fsp3) is 0.556. The summed E-state index contributed by atoms with van der Waals surface area (Å²) in [4.78, 5) is 26.2. The quantitative estimate of drug-likeness (QED) is 0.825. The Morgan fingerprint density at radius 2 is 1.96 bits per heavy atom. The van der Waals surface area contributed by atoms with Gasteiger partial charge < -0.3 is 19.5 Å². The van der Waals surface area contributed by atoms with Crippen LogP contribution >= 0.6 is 0 Å². The number of benzene rings is 1. The highest BCUT2D eigenvalue weighted by atomic mass is 16.7. The number of ether oxygens (including phenoxy) is 3. The summed E-state index contributed by atoms with van der Waals surface area (Å²) in [7, 11) is 0. The van der Waals surface area contributed by atoms with Crippen LogP contribution in [-0.4, -0.2) is 47.9 Å². The van der Waals surface area contributed by atoms with E-state index in [-0.39, 0.29) is 30.9 Å². The Labute approximate surface area is 147 Å². The number of imide groups is 1. The molecular formula is C18H24N2O5. The van der Waals surface area contributed by atoms with Crippen molar-refractivity contribution in [2.24, 2.45) is 0 Å². The molecule has 0 radical (unpaired) electrons. The maximum absolute atomic E-state index is 12.8. The first-order valence-corrected chi connectivity index (χ1v) is 8.35. The summed E-state index contributed by atoms with van der Waals surface area (Å²) in [5.41, 5.74) is -0.394. The van der Waals surface area contributed by atoms with E-state index in [1.807, 2.05) is 39.0 Å². The van der Waals surface area contributed by atoms with Crippen LogP contribution in [0.2, 0.25) is 0 Å². The van der Waals surface area contributed by atoms with E-state index < -0.39 is 5.54 Å². The molecule has 3 rings (SSSR count). The molecule has 7 nitrogen and oxygen atoms in total. The number of carbonyl (C=O) groups is 2. The zero-order valence-corrected chi connectivity index (χ0v) is 15.0. The van der Waals surface area contributed by atoms with Crippen molar-refractivity contribution in [3.63, 3.8) is 0 Å². The predicted octanol–water partition coefficient (Wildman–Crippen LogP) is 2.08. The number of fused-ring (bicyclic) bond motifs is 1. The Kier molecular flexibility index (Phi) is 4.36. The normalized spacial score (nSPS) is 22.5. The van der Waals surface area contributed by atoms with Crippen LogP contribution in [-0.2, 0) is 16.0 Å². The summed E-state index contributed by atoms with van der Waals surface area (Å²) < 4.78 is 16.3. The largest absolute Gasteiger partial charge is 0.454 e. The molecule has 1 aromatic carbocycles. The van der Waals surface area contributed by atoms with Crippen molar-refractivity contribution < 1.29 is 23.8 Å². The molecule has 3 amide bonds. The second-order valence-electron chi connectivity index (χ2n) is 7.54. The molecule has 0 spiro atoms. The molecule has 0 aromatic heterocycles. The first-order valence-electron chi connectivity index (χ1n) is 8.35. The average molecular weight is 348 g/mol. The molecule has 2 aliphatic rings. The van der Waals surface area contributed by atoms with Gasteiger partial charge in [0.05, 0.1) is 18.8 Å². The third-order valence-electron chi connectivity index (χ3n) is 4.19. The molecule has 1 atom stereocenters. The van der Waals surface area contributed by atoms with Crippen molar-refractivity contribution >= 4 is 11.9 Å². The Morgan fingerprint density at radius 1 is 1.24 bits per heavy atom. The topological polar surface area (TPSA) is 77.1 Å². The SMILES string of the molecule is CC(C)(C)OCCN1C(=O)N[C@](C)(Cc2ccc3c(c2)OCO3)C1=O. The van der Waals surface area contributed by atoms with E-state index in [4.69, 9.17) is 14.2 Å². The van der Waals surface area contributed by atoms with Gasteiger partial charge in [0.15, 0.2) is 11.5 Å². The van der Waals surface area contributed by atoms with E-state index in [0.29, 0.717) is 24.5 Å². The zero-order valence-electron chi connectivity index (χ0n) is 15.0. The number of nitrogens with one attached hydrogen (secondary N) is 1. The van der Waals surface area contributed by atoms with Gasteiger partial charge in [-0.3, -0.25) is 9.69 Å². The lowest BCUT2D eigenvalue weighted by molar-refractivity contribution is -0.131. The number of rotatable bonds is 5. The number of hydrogen-bond donors (Lipinski definition) is 1. The van der Waals surface area contributed by atoms with Gasteiger partial charge in [0.2, 0.25) is 6.79 Å². The van der Waals surface area contributed by atoms with Crippen molar-refractivity contribution in [3.05, 3.63) is 23.8 Å². The number of amides is 3. The lowest BCUT2D eigenvalue weighted by Gasteiger charge is -2.23. The minimum Gasteiger partial charge on any atom is -0.454 e. The fourth-order valence-electron chi connectivity index (χ4n) is 2.97. The summed E-state index contributed by atoms with van der Waals surface area (Å²) in [5.74, 6) is 1.11. The highest BCUT2D eigenvalue weighted by Gasteiger charge is 2.47. The van der Waals surface area contributed by atoms with Crippen LogP contribution in [0.4, 0.5) is 4.79 Å². The summed E-state index contributed by atoms with van der Waals surface area (Å²) in [6, 6.07) is 5.16. The zero-order chi connectivity index (χ0) is 18.2. The van der Waals surface area contributed by atoms with Gasteiger partial charge in [-0.1, -0.05) is 6.07 Å². The second-order valence-corrected chi connectivity index (χ2v) is 7.54. The molecule has 0 saturated carbocycles. The Bertz CT molecular complexity index is 697. The van der Waals surface area contributed by atoms with E-state index in [1.165, 1.54) is 4.90 Å². The summed E-state index contributed by atoms with van der Waals surface area (Å²) in [6.45, 7) is 8.28. The van der Waals surface area contributed by atoms with Gasteiger partial charge in [-0.2, -0.15) is 0 Å². The highest BCUT2D eigenvalue weighted by molar-refractivity contribution is 6.06. The van der Waals surface area contributed by atoms with Crippen molar-refractivity contribution in [2.45, 2.75) is 45.3 Å². The molecule has 136 valence electrons. The lowest BCUT2D eigenvalue weighted by atomic mass is 9.92. The molecule has 25 heavy (non-hydrogen) atoms. The van der Waals surface area contributed by atoms with E-state index in [2.05, 4.69) is 5.32 Å². The number of carbonyl (C=O) groups excluding carboxylic acids is 2. The molecule has 0 bridgehead atoms. The number of urea groups is 1. The first kappa shape index (κ1) is 17.5. The smallest absolute Gasteiger partial charge is 0.325 e. The van der Waals surface area contributed by atoms with Gasteiger partial charge in [0, 0.05) is 6.42 Å². The van der Waals surface area contributed by atoms with Gasteiger partial charge in [-0.05, 0) is 45.4 Å². The van der Waals surface area contributed by atoms with Crippen LogP contribution in [0, 0.1) is 0 Å². The van der Waals surface area contributed by atoms with E-state index in [9.17, 15) is 9.59 Å². The standard InChI is InChI=1S/C18H24N2O5/c1-17(2,3)25-8-7-20-15(21)18(4,19-16(20)22)10-12-5-6-13-14(9-12)24-11-23-13/h5-6,9H,7-8,10-11H2,1-4H3,(H,19,22)/t18-/m1/s1.